The van der Waals surface area contributed by atoms with Crippen molar-refractivity contribution in [1.82, 2.24) is 19.9 Å². The Hall–Kier alpha value is -3.54. The van der Waals surface area contributed by atoms with E-state index >= 15 is 0 Å². The van der Waals surface area contributed by atoms with Crippen LogP contribution in [0.1, 0.15) is 32.7 Å². The Bertz CT molecular complexity index is 1270. The summed E-state index contributed by atoms with van der Waals surface area (Å²) in [6.07, 6.45) is 3.61. The van der Waals surface area contributed by atoms with Gasteiger partial charge in [0.1, 0.15) is 0 Å². The standard InChI is InChI=1S/C23H22N6O2/c1-29-17(8-23(25)11-26-12-23)18(22(30)31)16-6-5-15-10-27-21(28-19(15)20(16)29)14-4-2-3-13(7-14)9-24/h2-4,7,10,26H,5-6,8,11-12,25H2,1H3,(H,30,31). The SMILES string of the molecule is Cn1c(CC2(N)CNC2)c(C(=O)O)c2c1-c1nc(-c3cccc(C#N)c3)ncc1CC2. The lowest BCUT2D eigenvalue weighted by Gasteiger charge is -2.39. The number of aromatic carboxylic acids is 1. The molecule has 8 nitrogen and oxygen atoms in total. The fourth-order valence-corrected chi connectivity index (χ4v) is 4.63. The third kappa shape index (κ3) is 3.10. The van der Waals surface area contributed by atoms with Gasteiger partial charge in [0.25, 0.3) is 0 Å². The summed E-state index contributed by atoms with van der Waals surface area (Å²) >= 11 is 0. The molecule has 1 fully saturated rings. The number of carboxylic acid groups (broad SMARTS) is 1. The van der Waals surface area contributed by atoms with Crippen LogP contribution >= 0.6 is 0 Å². The molecule has 4 N–H and O–H groups in total. The number of hydrogen-bond donors (Lipinski definition) is 3. The Morgan fingerprint density at radius 3 is 2.87 bits per heavy atom. The number of carboxylic acids is 1. The number of carbonyl (C=O) groups is 1. The highest BCUT2D eigenvalue weighted by Gasteiger charge is 2.38. The van der Waals surface area contributed by atoms with Crippen molar-refractivity contribution in [3.05, 3.63) is 58.4 Å². The zero-order valence-corrected chi connectivity index (χ0v) is 17.1. The monoisotopic (exact) mass is 414 g/mol. The zero-order chi connectivity index (χ0) is 21.8. The number of rotatable bonds is 4. The molecule has 8 heteroatoms. The predicted octanol–water partition coefficient (Wildman–Crippen LogP) is 1.66. The molecule has 0 bridgehead atoms. The van der Waals surface area contributed by atoms with Crippen molar-refractivity contribution >= 4 is 5.97 Å². The third-order valence-electron chi connectivity index (χ3n) is 6.29. The second-order valence-corrected chi connectivity index (χ2v) is 8.42. The van der Waals surface area contributed by atoms with Crippen molar-refractivity contribution in [3.63, 3.8) is 0 Å². The lowest BCUT2D eigenvalue weighted by Crippen LogP contribution is -2.67. The van der Waals surface area contributed by atoms with Crippen LogP contribution in [0.5, 0.6) is 0 Å². The lowest BCUT2D eigenvalue weighted by molar-refractivity contribution is 0.0693. The van der Waals surface area contributed by atoms with Crippen molar-refractivity contribution in [2.75, 3.05) is 13.1 Å². The van der Waals surface area contributed by atoms with Gasteiger partial charge in [-0.05, 0) is 36.1 Å². The van der Waals surface area contributed by atoms with Crippen LogP contribution in [0.25, 0.3) is 22.8 Å². The van der Waals surface area contributed by atoms with Gasteiger partial charge in [-0.2, -0.15) is 5.26 Å². The summed E-state index contributed by atoms with van der Waals surface area (Å²) in [7, 11) is 1.89. The average molecular weight is 414 g/mol. The van der Waals surface area contributed by atoms with E-state index in [0.29, 0.717) is 49.3 Å². The van der Waals surface area contributed by atoms with Gasteiger partial charge in [-0.15, -0.1) is 0 Å². The summed E-state index contributed by atoms with van der Waals surface area (Å²) in [5.74, 6) is -0.413. The summed E-state index contributed by atoms with van der Waals surface area (Å²) in [5.41, 5.74) is 11.8. The van der Waals surface area contributed by atoms with Gasteiger partial charge in [-0.3, -0.25) is 0 Å². The lowest BCUT2D eigenvalue weighted by atomic mass is 9.86. The first-order valence-corrected chi connectivity index (χ1v) is 10.2. The summed E-state index contributed by atoms with van der Waals surface area (Å²) < 4.78 is 1.95. The molecule has 156 valence electrons. The van der Waals surface area contributed by atoms with E-state index in [4.69, 9.17) is 10.7 Å². The molecule has 31 heavy (non-hydrogen) atoms. The molecular weight excluding hydrogens is 392 g/mol. The Kier molecular flexibility index (Phi) is 4.39. The van der Waals surface area contributed by atoms with Gasteiger partial charge in [0.05, 0.1) is 28.6 Å². The van der Waals surface area contributed by atoms with Crippen LogP contribution in [-0.4, -0.2) is 44.2 Å². The first kappa shape index (κ1) is 19.4. The number of aryl methyl sites for hydroxylation is 1. The fraction of sp³-hybridized carbons (Fsp3) is 0.304. The Labute approximate surface area is 179 Å². The molecule has 0 atom stereocenters. The molecule has 3 heterocycles. The van der Waals surface area contributed by atoms with E-state index in [0.717, 1.165) is 33.8 Å². The van der Waals surface area contributed by atoms with Crippen LogP contribution in [0.15, 0.2) is 30.5 Å². The number of nitrogens with two attached hydrogens (primary N) is 1. The molecule has 0 amide bonds. The molecule has 2 aliphatic rings. The van der Waals surface area contributed by atoms with Crippen molar-refractivity contribution in [1.29, 1.82) is 5.26 Å². The quantitative estimate of drug-likeness (QED) is 0.592. The number of fused-ring (bicyclic) bond motifs is 3. The highest BCUT2D eigenvalue weighted by Crippen LogP contribution is 2.39. The molecule has 0 unspecified atom stereocenters. The van der Waals surface area contributed by atoms with Crippen molar-refractivity contribution in [3.8, 4) is 28.8 Å². The molecule has 1 aromatic carbocycles. The maximum absolute atomic E-state index is 12.2. The summed E-state index contributed by atoms with van der Waals surface area (Å²) in [4.78, 5) is 21.6. The van der Waals surface area contributed by atoms with Crippen molar-refractivity contribution in [2.24, 2.45) is 12.8 Å². The van der Waals surface area contributed by atoms with Crippen molar-refractivity contribution < 1.29 is 9.90 Å². The smallest absolute Gasteiger partial charge is 0.337 e. The van der Waals surface area contributed by atoms with Gasteiger partial charge in [0, 0.05) is 49.6 Å². The Morgan fingerprint density at radius 2 is 2.19 bits per heavy atom. The normalized spacial score (nSPS) is 16.0. The number of benzene rings is 1. The molecule has 5 rings (SSSR count). The first-order valence-electron chi connectivity index (χ1n) is 10.2. The molecule has 1 saturated heterocycles. The van der Waals surface area contributed by atoms with E-state index in [-0.39, 0.29) is 0 Å². The van der Waals surface area contributed by atoms with Crippen LogP contribution in [0.2, 0.25) is 0 Å². The van der Waals surface area contributed by atoms with Gasteiger partial charge >= 0.3 is 5.97 Å². The van der Waals surface area contributed by atoms with Gasteiger partial charge in [0.2, 0.25) is 0 Å². The van der Waals surface area contributed by atoms with E-state index in [1.165, 1.54) is 0 Å². The zero-order valence-electron chi connectivity index (χ0n) is 17.1. The molecule has 3 aromatic rings. The van der Waals surface area contributed by atoms with Gasteiger partial charge in [0.15, 0.2) is 5.82 Å². The summed E-state index contributed by atoms with van der Waals surface area (Å²) in [6, 6.07) is 9.30. The minimum atomic E-state index is -0.929. The number of nitriles is 1. The molecular formula is C23H22N6O2. The van der Waals surface area contributed by atoms with Gasteiger partial charge in [-0.1, -0.05) is 12.1 Å². The molecule has 0 spiro atoms. The molecule has 1 aliphatic heterocycles. The molecule has 2 aromatic heterocycles. The third-order valence-corrected chi connectivity index (χ3v) is 6.29. The van der Waals surface area contributed by atoms with E-state index < -0.39 is 11.5 Å². The summed E-state index contributed by atoms with van der Waals surface area (Å²) in [5, 5.41) is 22.4. The maximum Gasteiger partial charge on any atom is 0.337 e. The van der Waals surface area contributed by atoms with Crippen LogP contribution in [0.3, 0.4) is 0 Å². The second kappa shape index (κ2) is 7.01. The molecule has 1 aliphatic carbocycles. The van der Waals surface area contributed by atoms with E-state index in [9.17, 15) is 15.2 Å². The Balaban J connectivity index is 1.67. The van der Waals surface area contributed by atoms with Crippen LogP contribution in [0.4, 0.5) is 0 Å². The van der Waals surface area contributed by atoms with Gasteiger partial charge < -0.3 is 20.7 Å². The van der Waals surface area contributed by atoms with E-state index in [1.807, 2.05) is 23.9 Å². The van der Waals surface area contributed by atoms with Crippen LogP contribution < -0.4 is 11.1 Å². The van der Waals surface area contributed by atoms with Crippen LogP contribution in [0, 0.1) is 11.3 Å². The fourth-order valence-electron chi connectivity index (χ4n) is 4.63. The maximum atomic E-state index is 12.2. The van der Waals surface area contributed by atoms with E-state index in [2.05, 4.69) is 16.4 Å². The molecule has 0 saturated carbocycles. The van der Waals surface area contributed by atoms with Crippen molar-refractivity contribution in [2.45, 2.75) is 24.8 Å². The Morgan fingerprint density at radius 1 is 1.39 bits per heavy atom. The summed E-state index contributed by atoms with van der Waals surface area (Å²) in [6.45, 7) is 1.33. The highest BCUT2D eigenvalue weighted by atomic mass is 16.4. The minimum Gasteiger partial charge on any atom is -0.478 e. The first-order chi connectivity index (χ1) is 14.9. The van der Waals surface area contributed by atoms with Gasteiger partial charge in [-0.25, -0.2) is 14.8 Å². The second-order valence-electron chi connectivity index (χ2n) is 8.42. The van der Waals surface area contributed by atoms with Crippen LogP contribution in [-0.2, 0) is 26.3 Å². The molecule has 0 radical (unpaired) electrons. The average Bonchev–Trinajstić information content (AvgIpc) is 3.04. The minimum absolute atomic E-state index is 0.353. The number of nitrogens with zero attached hydrogens (tertiary/aromatic N) is 4. The number of nitrogens with one attached hydrogen (secondary N) is 1. The topological polar surface area (TPSA) is 130 Å². The van der Waals surface area contributed by atoms with E-state index in [1.54, 1.807) is 18.2 Å². The number of hydrogen-bond acceptors (Lipinski definition) is 6. The largest absolute Gasteiger partial charge is 0.478 e. The predicted molar refractivity (Wildman–Crippen MR) is 114 cm³/mol. The highest BCUT2D eigenvalue weighted by molar-refractivity contribution is 5.94. The number of aromatic nitrogens is 3.